The Morgan fingerprint density at radius 3 is 1.97 bits per heavy atom. The third-order valence-electron chi connectivity index (χ3n) is 18.9. The molecular formula is C47H76O15. The number of aliphatic carboxylic acids is 1. The molecule has 22 atom stereocenters. The summed E-state index contributed by atoms with van der Waals surface area (Å²) in [5.74, 6) is 0.0650. The van der Waals surface area contributed by atoms with Gasteiger partial charge in [-0.1, -0.05) is 60.1 Å². The molecule has 0 bridgehead atoms. The van der Waals surface area contributed by atoms with E-state index in [1.165, 1.54) is 19.4 Å². The number of carboxylic acids is 1. The molecule has 0 unspecified atom stereocenters. The Balaban J connectivity index is 1.00. The van der Waals surface area contributed by atoms with E-state index in [-0.39, 0.29) is 51.6 Å². The highest BCUT2D eigenvalue weighted by molar-refractivity contribution is 5.76. The number of allylic oxidation sites excluding steroid dienone is 2. The van der Waals surface area contributed by atoms with Gasteiger partial charge in [0.2, 0.25) is 0 Å². The number of rotatable bonds is 7. The number of hydrogen-bond acceptors (Lipinski definition) is 14. The summed E-state index contributed by atoms with van der Waals surface area (Å²) in [5, 5.41) is 86.7. The molecule has 0 aromatic carbocycles. The summed E-state index contributed by atoms with van der Waals surface area (Å²) in [5.41, 5.74) is 0.287. The van der Waals surface area contributed by atoms with Gasteiger partial charge in [0, 0.05) is 0 Å². The van der Waals surface area contributed by atoms with Crippen LogP contribution in [0.5, 0.6) is 0 Å². The number of ether oxygens (including phenoxy) is 6. The van der Waals surface area contributed by atoms with E-state index in [9.17, 15) is 45.6 Å². The second-order valence-corrected chi connectivity index (χ2v) is 23.0. The van der Waals surface area contributed by atoms with E-state index in [4.69, 9.17) is 28.4 Å². The summed E-state index contributed by atoms with van der Waals surface area (Å²) in [4.78, 5) is 13.1. The molecule has 15 nitrogen and oxygen atoms in total. The van der Waals surface area contributed by atoms with Crippen LogP contribution in [0.25, 0.3) is 0 Å². The van der Waals surface area contributed by atoms with Crippen molar-refractivity contribution in [1.82, 2.24) is 0 Å². The summed E-state index contributed by atoms with van der Waals surface area (Å²) < 4.78 is 36.5. The minimum absolute atomic E-state index is 0.0162. The highest BCUT2D eigenvalue weighted by Gasteiger charge is 2.70. The zero-order valence-corrected chi connectivity index (χ0v) is 38.2. The fraction of sp³-hybridized carbons (Fsp3) is 0.936. The van der Waals surface area contributed by atoms with Crippen molar-refractivity contribution in [1.29, 1.82) is 0 Å². The molecule has 0 aromatic rings. The number of carbonyl (C=O) groups is 1. The van der Waals surface area contributed by atoms with Crippen LogP contribution < -0.4 is 0 Å². The molecule has 15 heteroatoms. The van der Waals surface area contributed by atoms with Gasteiger partial charge < -0.3 is 69.3 Å². The number of carboxylic acid groups (broad SMARTS) is 1. The molecular weight excluding hydrogens is 805 g/mol. The summed E-state index contributed by atoms with van der Waals surface area (Å²) in [6.07, 6.45) is -8.67. The number of aliphatic hydroxyl groups is 7. The minimum Gasteiger partial charge on any atom is -0.481 e. The first kappa shape index (κ1) is 47.2. The first-order valence-electron chi connectivity index (χ1n) is 23.4. The third-order valence-corrected chi connectivity index (χ3v) is 18.9. The molecule has 8 N–H and O–H groups in total. The Morgan fingerprint density at radius 1 is 0.661 bits per heavy atom. The van der Waals surface area contributed by atoms with Crippen molar-refractivity contribution in [3.63, 3.8) is 0 Å². The molecule has 354 valence electrons. The quantitative estimate of drug-likeness (QED) is 0.135. The van der Waals surface area contributed by atoms with Gasteiger partial charge in [-0.25, -0.2) is 0 Å². The van der Waals surface area contributed by atoms with Crippen molar-refractivity contribution in [2.45, 2.75) is 219 Å². The molecule has 0 aromatic heterocycles. The van der Waals surface area contributed by atoms with Gasteiger partial charge in [-0.15, -0.1) is 0 Å². The van der Waals surface area contributed by atoms with E-state index in [1.54, 1.807) is 0 Å². The molecule has 62 heavy (non-hydrogen) atoms. The highest BCUT2D eigenvalue weighted by atomic mass is 16.8. The topological polar surface area (TPSA) is 234 Å². The third kappa shape index (κ3) is 7.20. The molecule has 8 aliphatic rings. The van der Waals surface area contributed by atoms with Crippen molar-refractivity contribution in [2.24, 2.45) is 50.2 Å². The molecule has 0 amide bonds. The average Bonchev–Trinajstić information content (AvgIpc) is 3.20. The van der Waals surface area contributed by atoms with E-state index < -0.39 is 97.4 Å². The Morgan fingerprint density at radius 2 is 1.29 bits per heavy atom. The maximum atomic E-state index is 13.1. The lowest BCUT2D eigenvalue weighted by Crippen LogP contribution is -2.66. The van der Waals surface area contributed by atoms with E-state index in [0.29, 0.717) is 18.8 Å². The van der Waals surface area contributed by atoms with Crippen LogP contribution >= 0.6 is 0 Å². The summed E-state index contributed by atoms with van der Waals surface area (Å²) in [7, 11) is 0. The molecule has 0 spiro atoms. The van der Waals surface area contributed by atoms with Crippen LogP contribution in [0.1, 0.15) is 127 Å². The smallest absolute Gasteiger partial charge is 0.310 e. The summed E-state index contributed by atoms with van der Waals surface area (Å²) >= 11 is 0. The minimum atomic E-state index is -1.70. The summed E-state index contributed by atoms with van der Waals surface area (Å²) in [6.45, 7) is 19.3. The van der Waals surface area contributed by atoms with Gasteiger partial charge in [-0.2, -0.15) is 0 Å². The molecule has 8 rings (SSSR count). The van der Waals surface area contributed by atoms with E-state index >= 15 is 0 Å². The lowest BCUT2D eigenvalue weighted by Gasteiger charge is -2.71. The van der Waals surface area contributed by atoms with Crippen LogP contribution in [0, 0.1) is 50.2 Å². The van der Waals surface area contributed by atoms with Gasteiger partial charge in [0.15, 0.2) is 18.9 Å². The second-order valence-electron chi connectivity index (χ2n) is 23.0. The van der Waals surface area contributed by atoms with Crippen LogP contribution in [-0.4, -0.2) is 146 Å². The van der Waals surface area contributed by atoms with Crippen molar-refractivity contribution in [3.05, 3.63) is 11.6 Å². The van der Waals surface area contributed by atoms with Crippen molar-refractivity contribution >= 4 is 5.97 Å². The first-order valence-corrected chi connectivity index (χ1v) is 23.4. The SMILES string of the molecule is C[C@@H]1O[C@@H](O[C@@H]2[C@@H](O)[C@H](C)O[C@@H](O[C@H]3[C@H](O[C@H]4CC[C@]5(C)[C@H]6CC=C7[C@@H]8CC(C)(C)CC[C@]8(C(=O)O)CC[C@@]7(C)[C@]6(C)CC[C@H]5C4(C)C)OC[C@@H](O)[C@@H]3O)[C@@H]2O)[C@H](O)[C@H](O)[C@H]1O. The normalized spacial score (nSPS) is 54.8. The molecule has 3 aliphatic heterocycles. The molecule has 5 aliphatic carbocycles. The van der Waals surface area contributed by atoms with Crippen LogP contribution in [0.2, 0.25) is 0 Å². The Hall–Kier alpha value is -1.31. The van der Waals surface area contributed by atoms with Crippen LogP contribution in [0.15, 0.2) is 11.6 Å². The van der Waals surface area contributed by atoms with Gasteiger partial charge >= 0.3 is 5.97 Å². The maximum absolute atomic E-state index is 13.1. The predicted molar refractivity (Wildman–Crippen MR) is 222 cm³/mol. The van der Waals surface area contributed by atoms with Crippen LogP contribution in [0.3, 0.4) is 0 Å². The zero-order chi connectivity index (χ0) is 45.3. The fourth-order valence-corrected chi connectivity index (χ4v) is 14.7. The van der Waals surface area contributed by atoms with Gasteiger partial charge in [0.1, 0.15) is 54.9 Å². The van der Waals surface area contributed by atoms with Crippen LogP contribution in [0.4, 0.5) is 0 Å². The average molecular weight is 881 g/mol. The fourth-order valence-electron chi connectivity index (χ4n) is 14.7. The van der Waals surface area contributed by atoms with Gasteiger partial charge in [0.05, 0.1) is 30.3 Å². The Kier molecular flexibility index (Phi) is 12.3. The molecule has 0 radical (unpaired) electrons. The van der Waals surface area contributed by atoms with Gasteiger partial charge in [0.25, 0.3) is 0 Å². The Labute approximate surface area is 366 Å². The molecule has 4 saturated carbocycles. The van der Waals surface area contributed by atoms with Gasteiger partial charge in [-0.3, -0.25) is 4.79 Å². The van der Waals surface area contributed by atoms with Crippen molar-refractivity contribution in [3.8, 4) is 0 Å². The van der Waals surface area contributed by atoms with E-state index in [1.807, 2.05) is 0 Å². The molecule has 3 heterocycles. The van der Waals surface area contributed by atoms with Crippen LogP contribution in [-0.2, 0) is 33.2 Å². The monoisotopic (exact) mass is 881 g/mol. The maximum Gasteiger partial charge on any atom is 0.310 e. The number of hydrogen-bond donors (Lipinski definition) is 8. The molecule has 3 saturated heterocycles. The predicted octanol–water partition coefficient (Wildman–Crippen LogP) is 3.40. The standard InChI is InChI=1S/C47H76O15/c1-22-30(49)33(52)34(53)38(58-22)61-36-31(50)23(2)59-39(35(36)54)62-37-32(51)26(48)21-57-40(37)60-29-13-14-44(7)27(43(29,5)6)12-15-46(9)28(44)11-10-24-25-20-42(3,4)16-18-47(25,41(55)56)19-17-45(24,46)8/h10,22-23,25-40,48-54H,11-21H2,1-9H3,(H,55,56)/t22-,23-,25-,26+,27-,28+,29-,30-,31-,32-,33+,34+,35+,36+,37+,38-,39-,40-,44-,45+,46+,47-/m0/s1. The first-order chi connectivity index (χ1) is 28.8. The number of aliphatic hydroxyl groups excluding tert-OH is 7. The summed E-state index contributed by atoms with van der Waals surface area (Å²) in [6, 6.07) is 0. The highest BCUT2D eigenvalue weighted by Crippen LogP contribution is 2.76. The largest absolute Gasteiger partial charge is 0.481 e. The zero-order valence-electron chi connectivity index (χ0n) is 38.2. The van der Waals surface area contributed by atoms with Crippen molar-refractivity contribution in [2.75, 3.05) is 6.61 Å². The van der Waals surface area contributed by atoms with Gasteiger partial charge in [-0.05, 0) is 123 Å². The second kappa shape index (κ2) is 16.2. The lowest BCUT2D eigenvalue weighted by molar-refractivity contribution is -0.381. The van der Waals surface area contributed by atoms with E-state index in [2.05, 4.69) is 54.5 Å². The molecule has 7 fully saturated rings. The van der Waals surface area contributed by atoms with Crippen molar-refractivity contribution < 1.29 is 74.1 Å². The Bertz CT molecular complexity index is 1710. The number of fused-ring (bicyclic) bond motifs is 7. The lowest BCUT2D eigenvalue weighted by atomic mass is 9.33. The van der Waals surface area contributed by atoms with E-state index in [0.717, 1.165) is 51.4 Å².